The minimum absolute atomic E-state index is 0.0800. The van der Waals surface area contributed by atoms with E-state index in [9.17, 15) is 13.6 Å². The van der Waals surface area contributed by atoms with Gasteiger partial charge in [-0.2, -0.15) is 5.10 Å². The van der Waals surface area contributed by atoms with E-state index in [1.54, 1.807) is 0 Å². The fourth-order valence-electron chi connectivity index (χ4n) is 3.06. The van der Waals surface area contributed by atoms with Gasteiger partial charge in [0.2, 0.25) is 0 Å². The molecule has 1 aliphatic carbocycles. The maximum atomic E-state index is 13.0. The van der Waals surface area contributed by atoms with Gasteiger partial charge in [-0.15, -0.1) is 0 Å². The van der Waals surface area contributed by atoms with E-state index >= 15 is 0 Å². The number of carbonyl (C=O) groups excluding carboxylic acids is 1. The largest absolute Gasteiger partial charge is 0.322 e. The summed E-state index contributed by atoms with van der Waals surface area (Å²) in [7, 11) is 1.52. The van der Waals surface area contributed by atoms with Gasteiger partial charge in [0.05, 0.1) is 5.56 Å². The summed E-state index contributed by atoms with van der Waals surface area (Å²) in [5, 5.41) is 6.48. The minimum Gasteiger partial charge on any atom is -0.322 e. The average molecular weight is 319 g/mol. The van der Waals surface area contributed by atoms with E-state index in [0.717, 1.165) is 24.0 Å². The highest BCUT2D eigenvalue weighted by molar-refractivity contribution is 6.05. The molecule has 0 unspecified atom stereocenters. The normalized spacial score (nSPS) is 14.8. The Morgan fingerprint density at radius 2 is 2.13 bits per heavy atom. The van der Waals surface area contributed by atoms with E-state index < -0.39 is 18.0 Å². The van der Waals surface area contributed by atoms with Gasteiger partial charge < -0.3 is 5.32 Å². The predicted octanol–water partition coefficient (Wildman–Crippen LogP) is 4.19. The summed E-state index contributed by atoms with van der Waals surface area (Å²) in [6.07, 6.45) is 1.94. The Kier molecular flexibility index (Phi) is 4.15. The first-order valence-corrected chi connectivity index (χ1v) is 7.70. The fourth-order valence-corrected chi connectivity index (χ4v) is 3.06. The number of hydrogen-bond donors (Lipinski definition) is 1. The van der Waals surface area contributed by atoms with Crippen molar-refractivity contribution in [2.75, 3.05) is 5.32 Å². The Labute approximate surface area is 133 Å². The van der Waals surface area contributed by atoms with E-state index in [-0.39, 0.29) is 5.56 Å². The number of rotatable bonds is 4. The van der Waals surface area contributed by atoms with Crippen LogP contribution in [0.3, 0.4) is 0 Å². The molecule has 1 saturated carbocycles. The van der Waals surface area contributed by atoms with Crippen molar-refractivity contribution in [2.24, 2.45) is 7.05 Å². The number of halogens is 2. The number of carbonyl (C=O) groups is 1. The van der Waals surface area contributed by atoms with Gasteiger partial charge in [0.15, 0.2) is 0 Å². The van der Waals surface area contributed by atoms with Crippen LogP contribution in [0.1, 0.15) is 58.8 Å². The standard InChI is InChI=1S/C17H19F2N3O/c1-10-5-3-8-13(14(10)11-6-4-7-11)20-17(23)12-9-22(2)21-15(12)16(18)19/h3,5,8-9,11,16H,4,6-7H2,1-2H3,(H,20,23). The average Bonchev–Trinajstić information content (AvgIpc) is 2.83. The van der Waals surface area contributed by atoms with Crippen molar-refractivity contribution in [2.45, 2.75) is 38.5 Å². The van der Waals surface area contributed by atoms with Gasteiger partial charge >= 0.3 is 0 Å². The molecule has 1 N–H and O–H groups in total. The van der Waals surface area contributed by atoms with Gasteiger partial charge in [-0.25, -0.2) is 8.78 Å². The summed E-state index contributed by atoms with van der Waals surface area (Å²) < 4.78 is 27.3. The third kappa shape index (κ3) is 2.98. The topological polar surface area (TPSA) is 46.9 Å². The first kappa shape index (κ1) is 15.6. The SMILES string of the molecule is Cc1cccc(NC(=O)c2cn(C)nc2C(F)F)c1C1CCC1. The molecule has 4 nitrogen and oxygen atoms in total. The molecule has 1 aromatic heterocycles. The quantitative estimate of drug-likeness (QED) is 0.918. The zero-order valence-corrected chi connectivity index (χ0v) is 13.1. The van der Waals surface area contributed by atoms with Crippen LogP contribution in [0, 0.1) is 6.92 Å². The van der Waals surface area contributed by atoms with Gasteiger partial charge in [0.1, 0.15) is 5.69 Å². The molecule has 1 aliphatic rings. The van der Waals surface area contributed by atoms with E-state index in [4.69, 9.17) is 0 Å². The van der Waals surface area contributed by atoms with Crippen molar-refractivity contribution < 1.29 is 13.6 Å². The molecule has 0 aliphatic heterocycles. The van der Waals surface area contributed by atoms with Crippen LogP contribution in [-0.4, -0.2) is 15.7 Å². The Morgan fingerprint density at radius 3 is 2.74 bits per heavy atom. The molecule has 1 fully saturated rings. The lowest BCUT2D eigenvalue weighted by atomic mass is 9.77. The van der Waals surface area contributed by atoms with Gasteiger partial charge in [0, 0.05) is 18.9 Å². The first-order valence-electron chi connectivity index (χ1n) is 7.70. The molecule has 3 rings (SSSR count). The van der Waals surface area contributed by atoms with Crippen LogP contribution >= 0.6 is 0 Å². The molecule has 0 atom stereocenters. The number of hydrogen-bond acceptors (Lipinski definition) is 2. The molecular weight excluding hydrogens is 300 g/mol. The second-order valence-electron chi connectivity index (χ2n) is 6.02. The fraction of sp³-hybridized carbons (Fsp3) is 0.412. The zero-order valence-electron chi connectivity index (χ0n) is 13.1. The maximum absolute atomic E-state index is 13.0. The molecule has 0 radical (unpaired) electrons. The van der Waals surface area contributed by atoms with Crippen LogP contribution in [0.25, 0.3) is 0 Å². The smallest absolute Gasteiger partial charge is 0.282 e. The van der Waals surface area contributed by atoms with E-state index in [2.05, 4.69) is 10.4 Å². The summed E-state index contributed by atoms with van der Waals surface area (Å²) in [4.78, 5) is 12.4. The van der Waals surface area contributed by atoms with Gasteiger partial charge in [0.25, 0.3) is 12.3 Å². The Balaban J connectivity index is 1.91. The van der Waals surface area contributed by atoms with Crippen LogP contribution in [0.4, 0.5) is 14.5 Å². The minimum atomic E-state index is -2.78. The highest BCUT2D eigenvalue weighted by Gasteiger charge is 2.26. The number of benzene rings is 1. The lowest BCUT2D eigenvalue weighted by Gasteiger charge is -2.29. The van der Waals surface area contributed by atoms with Crippen molar-refractivity contribution in [1.29, 1.82) is 0 Å². The van der Waals surface area contributed by atoms with Crippen molar-refractivity contribution >= 4 is 11.6 Å². The van der Waals surface area contributed by atoms with Crippen molar-refractivity contribution in [3.05, 3.63) is 46.8 Å². The lowest BCUT2D eigenvalue weighted by Crippen LogP contribution is -2.18. The molecular formula is C17H19F2N3O. The number of aromatic nitrogens is 2. The van der Waals surface area contributed by atoms with Crippen LogP contribution < -0.4 is 5.32 Å². The van der Waals surface area contributed by atoms with Crippen LogP contribution in [0.15, 0.2) is 24.4 Å². The number of aryl methyl sites for hydroxylation is 2. The second-order valence-corrected chi connectivity index (χ2v) is 6.02. The lowest BCUT2D eigenvalue weighted by molar-refractivity contribution is 0.101. The molecule has 0 bridgehead atoms. The number of anilines is 1. The van der Waals surface area contributed by atoms with Crippen LogP contribution in [0.2, 0.25) is 0 Å². The maximum Gasteiger partial charge on any atom is 0.282 e. The number of nitrogens with zero attached hydrogens (tertiary/aromatic N) is 2. The molecule has 0 spiro atoms. The summed E-state index contributed by atoms with van der Waals surface area (Å²) in [6, 6.07) is 5.71. The Hall–Kier alpha value is -2.24. The molecule has 23 heavy (non-hydrogen) atoms. The Morgan fingerprint density at radius 1 is 1.39 bits per heavy atom. The third-order valence-corrected chi connectivity index (χ3v) is 4.39. The summed E-state index contributed by atoms with van der Waals surface area (Å²) in [6.45, 7) is 2.01. The molecule has 1 heterocycles. The highest BCUT2D eigenvalue weighted by Crippen LogP contribution is 2.41. The van der Waals surface area contributed by atoms with Gasteiger partial charge in [-0.3, -0.25) is 9.48 Å². The van der Waals surface area contributed by atoms with Gasteiger partial charge in [-0.1, -0.05) is 18.6 Å². The van der Waals surface area contributed by atoms with E-state index in [1.165, 1.54) is 24.3 Å². The molecule has 6 heteroatoms. The number of nitrogens with one attached hydrogen (secondary N) is 1. The van der Waals surface area contributed by atoms with Crippen molar-refractivity contribution in [3.8, 4) is 0 Å². The summed E-state index contributed by atoms with van der Waals surface area (Å²) in [5.41, 5.74) is 2.39. The zero-order chi connectivity index (χ0) is 16.6. The molecule has 122 valence electrons. The third-order valence-electron chi connectivity index (χ3n) is 4.39. The monoisotopic (exact) mass is 319 g/mol. The van der Waals surface area contributed by atoms with Crippen molar-refractivity contribution in [1.82, 2.24) is 9.78 Å². The molecule has 0 saturated heterocycles. The molecule has 1 aromatic carbocycles. The molecule has 2 aromatic rings. The highest BCUT2D eigenvalue weighted by atomic mass is 19.3. The van der Waals surface area contributed by atoms with Crippen molar-refractivity contribution in [3.63, 3.8) is 0 Å². The van der Waals surface area contributed by atoms with E-state index in [1.807, 2.05) is 25.1 Å². The second kappa shape index (κ2) is 6.10. The number of alkyl halides is 2. The van der Waals surface area contributed by atoms with Crippen LogP contribution in [0.5, 0.6) is 0 Å². The molecule has 1 amide bonds. The van der Waals surface area contributed by atoms with Crippen LogP contribution in [-0.2, 0) is 7.05 Å². The predicted molar refractivity (Wildman–Crippen MR) is 83.9 cm³/mol. The van der Waals surface area contributed by atoms with Gasteiger partial charge in [-0.05, 0) is 42.9 Å². The number of amides is 1. The first-order chi connectivity index (χ1) is 11.0. The summed E-state index contributed by atoms with van der Waals surface area (Å²) >= 11 is 0. The van der Waals surface area contributed by atoms with E-state index in [0.29, 0.717) is 11.6 Å². The summed E-state index contributed by atoms with van der Waals surface area (Å²) in [5.74, 6) is -0.102. The Bertz CT molecular complexity index is 735.